The van der Waals surface area contributed by atoms with Crippen LogP contribution in [0.15, 0.2) is 91.3 Å². The highest BCUT2D eigenvalue weighted by Gasteiger charge is 2.21. The lowest BCUT2D eigenvalue weighted by molar-refractivity contribution is 0.0709. The van der Waals surface area contributed by atoms with Crippen LogP contribution in [0.5, 0.6) is 0 Å². The van der Waals surface area contributed by atoms with Crippen LogP contribution in [0.1, 0.15) is 27.6 Å². The number of nitrogens with zero attached hydrogens (tertiary/aromatic N) is 4. The van der Waals surface area contributed by atoms with Gasteiger partial charge in [0.2, 0.25) is 0 Å². The molecule has 3 N–H and O–H groups in total. The highest BCUT2D eigenvalue weighted by molar-refractivity contribution is 6.04. The molecular weight excluding hydrogens is 533 g/mol. The fourth-order valence-corrected chi connectivity index (χ4v) is 4.85. The van der Waals surface area contributed by atoms with Gasteiger partial charge in [0.05, 0.1) is 11.2 Å². The van der Waals surface area contributed by atoms with E-state index < -0.39 is 0 Å². The van der Waals surface area contributed by atoms with Crippen LogP contribution in [0.25, 0.3) is 22.3 Å². The van der Waals surface area contributed by atoms with Crippen molar-refractivity contribution in [3.8, 4) is 11.3 Å². The molecule has 0 unspecified atom stereocenters. The molecule has 0 radical (unpaired) electrons. The van der Waals surface area contributed by atoms with Gasteiger partial charge in [-0.1, -0.05) is 12.1 Å². The van der Waals surface area contributed by atoms with Gasteiger partial charge < -0.3 is 20.9 Å². The Labute approximate surface area is 241 Å². The number of carbonyl (C=O) groups excluding carboxylic acids is 2. The summed E-state index contributed by atoms with van der Waals surface area (Å²) in [4.78, 5) is 41.0. The average molecular weight is 562 g/mol. The molecule has 6 rings (SSSR count). The molecule has 1 aliphatic rings. The van der Waals surface area contributed by atoms with Crippen molar-refractivity contribution in [2.24, 2.45) is 0 Å². The maximum Gasteiger partial charge on any atom is 0.255 e. The van der Waals surface area contributed by atoms with E-state index in [0.29, 0.717) is 52.4 Å². The first kappa shape index (κ1) is 27.0. The molecule has 5 aromatic rings. The van der Waals surface area contributed by atoms with Crippen LogP contribution in [0, 0.1) is 5.82 Å². The van der Waals surface area contributed by atoms with Crippen LogP contribution >= 0.6 is 0 Å². The van der Waals surface area contributed by atoms with Crippen molar-refractivity contribution in [1.29, 1.82) is 0 Å². The van der Waals surface area contributed by atoms with Gasteiger partial charge in [-0.2, -0.15) is 0 Å². The lowest BCUT2D eigenvalue weighted by Crippen LogP contribution is -2.51. The summed E-state index contributed by atoms with van der Waals surface area (Å²) in [6, 6.07) is 24.0. The zero-order chi connectivity index (χ0) is 29.1. The van der Waals surface area contributed by atoms with E-state index in [1.54, 1.807) is 24.3 Å². The van der Waals surface area contributed by atoms with Crippen molar-refractivity contribution in [3.05, 3.63) is 108 Å². The van der Waals surface area contributed by atoms with Crippen molar-refractivity contribution < 1.29 is 14.0 Å². The van der Waals surface area contributed by atoms with Crippen LogP contribution in [0.4, 0.5) is 21.6 Å². The van der Waals surface area contributed by atoms with Crippen LogP contribution in [0.3, 0.4) is 0 Å². The molecule has 1 aliphatic heterocycles. The molecule has 2 aromatic heterocycles. The van der Waals surface area contributed by atoms with Gasteiger partial charge in [-0.3, -0.25) is 9.59 Å². The molecule has 0 bridgehead atoms. The predicted molar refractivity (Wildman–Crippen MR) is 160 cm³/mol. The standard InChI is InChI=1S/C32H28FN7O2/c1-20-18-40(17-16-34-20)32(42)23-4-2-21(3-5-23)27-14-15-28-29(39-27)30(36-19-35-28)37-25-10-6-22(7-11-25)31(41)38-26-12-8-24(33)9-13-26/h2-15,19-20,34H,16-18H2,1H3,(H,38,41)(H,35,36,37)/t20-/m0/s1. The molecule has 10 heteroatoms. The normalized spacial score (nSPS) is 14.9. The van der Waals surface area contributed by atoms with E-state index in [0.717, 1.165) is 17.8 Å². The molecule has 210 valence electrons. The first-order valence-corrected chi connectivity index (χ1v) is 13.6. The minimum absolute atomic E-state index is 0.0280. The quantitative estimate of drug-likeness (QED) is 0.259. The number of amides is 2. The molecule has 9 nitrogen and oxygen atoms in total. The minimum atomic E-state index is -0.368. The second-order valence-electron chi connectivity index (χ2n) is 10.1. The van der Waals surface area contributed by atoms with E-state index in [1.165, 1.54) is 30.6 Å². The summed E-state index contributed by atoms with van der Waals surface area (Å²) < 4.78 is 13.1. The number of anilines is 3. The van der Waals surface area contributed by atoms with Crippen molar-refractivity contribution in [1.82, 2.24) is 25.2 Å². The molecule has 3 aromatic carbocycles. The van der Waals surface area contributed by atoms with Gasteiger partial charge >= 0.3 is 0 Å². The van der Waals surface area contributed by atoms with Gasteiger partial charge in [0.25, 0.3) is 11.8 Å². The second kappa shape index (κ2) is 11.7. The summed E-state index contributed by atoms with van der Waals surface area (Å²) in [5.41, 5.74) is 5.17. The van der Waals surface area contributed by atoms with Gasteiger partial charge in [-0.25, -0.2) is 19.3 Å². The zero-order valence-corrected chi connectivity index (χ0v) is 22.8. The zero-order valence-electron chi connectivity index (χ0n) is 22.8. The predicted octanol–water partition coefficient (Wildman–Crippen LogP) is 5.26. The van der Waals surface area contributed by atoms with Crippen LogP contribution in [-0.2, 0) is 0 Å². The lowest BCUT2D eigenvalue weighted by atomic mass is 10.1. The number of halogens is 1. The molecule has 1 atom stereocenters. The Morgan fingerprint density at radius 2 is 1.60 bits per heavy atom. The third kappa shape index (κ3) is 5.93. The first-order chi connectivity index (χ1) is 20.4. The van der Waals surface area contributed by atoms with Crippen LogP contribution in [0.2, 0.25) is 0 Å². The van der Waals surface area contributed by atoms with E-state index in [2.05, 4.69) is 32.8 Å². The first-order valence-electron chi connectivity index (χ1n) is 13.6. The smallest absolute Gasteiger partial charge is 0.255 e. The van der Waals surface area contributed by atoms with Gasteiger partial charge in [-0.05, 0) is 79.7 Å². The molecule has 2 amide bonds. The number of carbonyl (C=O) groups is 2. The SMILES string of the molecule is C[C@H]1CN(C(=O)c2ccc(-c3ccc4ncnc(Nc5ccc(C(=O)Nc6ccc(F)cc6)cc5)c4n3)cc2)CCN1. The maximum atomic E-state index is 13.1. The molecule has 1 fully saturated rings. The fraction of sp³-hybridized carbons (Fsp3) is 0.156. The number of fused-ring (bicyclic) bond motifs is 1. The van der Waals surface area contributed by atoms with Crippen molar-refractivity contribution in [2.45, 2.75) is 13.0 Å². The molecule has 1 saturated heterocycles. The minimum Gasteiger partial charge on any atom is -0.338 e. The van der Waals surface area contributed by atoms with Gasteiger partial charge in [0.1, 0.15) is 17.7 Å². The Hall–Kier alpha value is -5.22. The van der Waals surface area contributed by atoms with Crippen molar-refractivity contribution in [3.63, 3.8) is 0 Å². The number of pyridine rings is 1. The Bertz CT molecular complexity index is 1740. The van der Waals surface area contributed by atoms with Gasteiger partial charge in [0, 0.05) is 53.7 Å². The number of benzene rings is 3. The summed E-state index contributed by atoms with van der Waals surface area (Å²) in [5, 5.41) is 9.37. The van der Waals surface area contributed by atoms with Crippen LogP contribution in [-0.4, -0.2) is 57.3 Å². The van der Waals surface area contributed by atoms with E-state index in [9.17, 15) is 14.0 Å². The number of hydrogen-bond acceptors (Lipinski definition) is 7. The molecule has 3 heterocycles. The highest BCUT2D eigenvalue weighted by atomic mass is 19.1. The topological polar surface area (TPSA) is 112 Å². The number of aromatic nitrogens is 3. The molecule has 0 spiro atoms. The van der Waals surface area contributed by atoms with Crippen LogP contribution < -0.4 is 16.0 Å². The van der Waals surface area contributed by atoms with E-state index in [1.807, 2.05) is 41.3 Å². The summed E-state index contributed by atoms with van der Waals surface area (Å²) in [6.45, 7) is 4.25. The Morgan fingerprint density at radius 1 is 0.881 bits per heavy atom. The van der Waals surface area contributed by atoms with Gasteiger partial charge in [-0.15, -0.1) is 0 Å². The van der Waals surface area contributed by atoms with Gasteiger partial charge in [0.15, 0.2) is 5.82 Å². The molecule has 0 aliphatic carbocycles. The maximum absolute atomic E-state index is 13.1. The van der Waals surface area contributed by atoms with Crippen molar-refractivity contribution in [2.75, 3.05) is 30.3 Å². The van der Waals surface area contributed by atoms with Crippen molar-refractivity contribution >= 4 is 40.0 Å². The summed E-state index contributed by atoms with van der Waals surface area (Å²) in [7, 11) is 0. The number of nitrogens with one attached hydrogen (secondary N) is 3. The fourth-order valence-electron chi connectivity index (χ4n) is 4.85. The van der Waals surface area contributed by atoms with E-state index >= 15 is 0 Å². The summed E-state index contributed by atoms with van der Waals surface area (Å²) >= 11 is 0. The third-order valence-electron chi connectivity index (χ3n) is 7.08. The Morgan fingerprint density at radius 3 is 2.33 bits per heavy atom. The number of hydrogen-bond donors (Lipinski definition) is 3. The number of rotatable bonds is 6. The molecule has 0 saturated carbocycles. The molecular formula is C32H28FN7O2. The Balaban J connectivity index is 1.18. The largest absolute Gasteiger partial charge is 0.338 e. The summed E-state index contributed by atoms with van der Waals surface area (Å²) in [5.74, 6) is -0.125. The van der Waals surface area contributed by atoms with E-state index in [-0.39, 0.29) is 23.7 Å². The third-order valence-corrected chi connectivity index (χ3v) is 7.08. The highest BCUT2D eigenvalue weighted by Crippen LogP contribution is 2.26. The number of piperazine rings is 1. The average Bonchev–Trinajstić information content (AvgIpc) is 3.02. The lowest BCUT2D eigenvalue weighted by Gasteiger charge is -2.32. The monoisotopic (exact) mass is 561 g/mol. The summed E-state index contributed by atoms with van der Waals surface area (Å²) in [6.07, 6.45) is 1.47. The van der Waals surface area contributed by atoms with E-state index in [4.69, 9.17) is 4.98 Å². The Kier molecular flexibility index (Phi) is 7.52. The molecule has 42 heavy (non-hydrogen) atoms. The second-order valence-corrected chi connectivity index (χ2v) is 10.1.